The minimum absolute atomic E-state index is 0.0111. The molecule has 0 unspecified atom stereocenters. The van der Waals surface area contributed by atoms with Crippen molar-refractivity contribution in [2.75, 3.05) is 39.9 Å². The van der Waals surface area contributed by atoms with Gasteiger partial charge in [0.1, 0.15) is 0 Å². The molecule has 1 amide bonds. The molecule has 1 saturated heterocycles. The summed E-state index contributed by atoms with van der Waals surface area (Å²) in [5.41, 5.74) is 0.871. The summed E-state index contributed by atoms with van der Waals surface area (Å²) in [7, 11) is 1.30. The quantitative estimate of drug-likeness (QED) is 0.389. The number of methoxy groups -OCH3 is 1. The van der Waals surface area contributed by atoms with Crippen LogP contribution in [0.3, 0.4) is 0 Å². The Labute approximate surface area is 173 Å². The molecule has 0 bridgehead atoms. The van der Waals surface area contributed by atoms with E-state index in [1.54, 1.807) is 4.90 Å². The predicted molar refractivity (Wildman–Crippen MR) is 108 cm³/mol. The lowest BCUT2D eigenvalue weighted by atomic mass is 10.2. The Morgan fingerprint density at radius 1 is 1.07 bits per heavy atom. The third-order valence-electron chi connectivity index (χ3n) is 4.91. The first-order valence-corrected chi connectivity index (χ1v) is 9.51. The molecular weight excluding hydrogens is 390 g/mol. The Morgan fingerprint density at radius 3 is 2.40 bits per heavy atom. The number of nitro benzene ring substituents is 1. The number of rotatable bonds is 7. The number of benzene rings is 2. The first-order valence-electron chi connectivity index (χ1n) is 9.51. The molecule has 1 fully saturated rings. The van der Waals surface area contributed by atoms with Gasteiger partial charge in [0.15, 0.2) is 12.4 Å². The third-order valence-corrected chi connectivity index (χ3v) is 4.91. The fourth-order valence-electron chi connectivity index (χ4n) is 3.26. The van der Waals surface area contributed by atoms with Crippen molar-refractivity contribution in [2.24, 2.45) is 0 Å². The summed E-state index contributed by atoms with van der Waals surface area (Å²) in [6.07, 6.45) is 0. The van der Waals surface area contributed by atoms with Gasteiger partial charge in [-0.25, -0.2) is 4.79 Å². The molecule has 9 nitrogen and oxygen atoms in total. The maximum Gasteiger partial charge on any atom is 0.338 e. The number of nitrogens with zero attached hydrogens (tertiary/aromatic N) is 3. The monoisotopic (exact) mass is 413 g/mol. The van der Waals surface area contributed by atoms with Crippen LogP contribution in [0.1, 0.15) is 15.9 Å². The highest BCUT2D eigenvalue weighted by atomic mass is 16.6. The van der Waals surface area contributed by atoms with Crippen molar-refractivity contribution in [1.82, 2.24) is 9.80 Å². The molecule has 30 heavy (non-hydrogen) atoms. The Kier molecular flexibility index (Phi) is 6.97. The number of hydrogen-bond donors (Lipinski definition) is 0. The van der Waals surface area contributed by atoms with Crippen LogP contribution in [0.2, 0.25) is 0 Å². The molecule has 2 aromatic rings. The van der Waals surface area contributed by atoms with E-state index in [-0.39, 0.29) is 22.9 Å². The normalized spacial score (nSPS) is 14.2. The van der Waals surface area contributed by atoms with Crippen molar-refractivity contribution >= 4 is 17.6 Å². The van der Waals surface area contributed by atoms with E-state index in [2.05, 4.69) is 17.0 Å². The number of ether oxygens (including phenoxy) is 2. The van der Waals surface area contributed by atoms with Crippen molar-refractivity contribution in [3.05, 3.63) is 69.8 Å². The Balaban J connectivity index is 1.48. The molecule has 9 heteroatoms. The van der Waals surface area contributed by atoms with Crippen molar-refractivity contribution in [1.29, 1.82) is 0 Å². The summed E-state index contributed by atoms with van der Waals surface area (Å²) in [5, 5.41) is 11.1. The fraction of sp³-hybridized carbons (Fsp3) is 0.333. The number of esters is 1. The summed E-state index contributed by atoms with van der Waals surface area (Å²) in [6.45, 7) is 3.00. The van der Waals surface area contributed by atoms with Crippen LogP contribution in [0, 0.1) is 10.1 Å². The molecule has 0 radical (unpaired) electrons. The predicted octanol–water partition coefficient (Wildman–Crippen LogP) is 2.10. The average molecular weight is 413 g/mol. The van der Waals surface area contributed by atoms with E-state index in [1.165, 1.54) is 24.8 Å². The van der Waals surface area contributed by atoms with Gasteiger partial charge in [-0.2, -0.15) is 0 Å². The lowest BCUT2D eigenvalue weighted by molar-refractivity contribution is -0.385. The van der Waals surface area contributed by atoms with Crippen LogP contribution >= 0.6 is 0 Å². The smallest absolute Gasteiger partial charge is 0.338 e. The number of carbonyl (C=O) groups is 2. The molecule has 158 valence electrons. The molecule has 1 aliphatic rings. The van der Waals surface area contributed by atoms with E-state index in [9.17, 15) is 19.7 Å². The maximum absolute atomic E-state index is 12.4. The second kappa shape index (κ2) is 9.84. The van der Waals surface area contributed by atoms with Crippen molar-refractivity contribution < 1.29 is 24.0 Å². The summed E-state index contributed by atoms with van der Waals surface area (Å²) in [6, 6.07) is 13.9. The molecule has 3 rings (SSSR count). The van der Waals surface area contributed by atoms with Gasteiger partial charge in [-0.1, -0.05) is 30.3 Å². The largest absolute Gasteiger partial charge is 0.490 e. The van der Waals surface area contributed by atoms with E-state index >= 15 is 0 Å². The molecule has 0 aliphatic carbocycles. The summed E-state index contributed by atoms with van der Waals surface area (Å²) in [5.74, 6) is -1.04. The molecule has 0 spiro atoms. The van der Waals surface area contributed by atoms with Gasteiger partial charge >= 0.3 is 11.7 Å². The molecule has 1 heterocycles. The average Bonchev–Trinajstić information content (AvgIpc) is 2.78. The highest BCUT2D eigenvalue weighted by Crippen LogP contribution is 2.27. The number of hydrogen-bond acceptors (Lipinski definition) is 7. The summed E-state index contributed by atoms with van der Waals surface area (Å²) in [4.78, 5) is 38.9. The number of amides is 1. The zero-order valence-corrected chi connectivity index (χ0v) is 16.7. The molecule has 2 aromatic carbocycles. The molecule has 0 N–H and O–H groups in total. The van der Waals surface area contributed by atoms with E-state index in [1.807, 2.05) is 18.2 Å². The standard InChI is InChI=1S/C21H23N3O6/c1-29-19-8-7-17(13-18(19)24(27)28)21(26)30-15-20(25)23-11-9-22(10-12-23)14-16-5-3-2-4-6-16/h2-8,13H,9-12,14-15H2,1H3. The van der Waals surface area contributed by atoms with Gasteiger partial charge in [0.2, 0.25) is 0 Å². The number of carbonyl (C=O) groups excluding carboxylic acids is 2. The van der Waals surface area contributed by atoms with Crippen LogP contribution in [0.25, 0.3) is 0 Å². The maximum atomic E-state index is 12.4. The van der Waals surface area contributed by atoms with E-state index in [0.29, 0.717) is 13.1 Å². The molecule has 0 saturated carbocycles. The minimum Gasteiger partial charge on any atom is -0.490 e. The van der Waals surface area contributed by atoms with E-state index < -0.39 is 17.5 Å². The third kappa shape index (κ3) is 5.32. The minimum atomic E-state index is -0.795. The lowest BCUT2D eigenvalue weighted by Crippen LogP contribution is -2.49. The van der Waals surface area contributed by atoms with Crippen LogP contribution in [0.4, 0.5) is 5.69 Å². The number of piperazine rings is 1. The van der Waals surface area contributed by atoms with Crippen molar-refractivity contribution in [2.45, 2.75) is 6.54 Å². The molecule has 1 aliphatic heterocycles. The van der Waals surface area contributed by atoms with Crippen molar-refractivity contribution in [3.63, 3.8) is 0 Å². The lowest BCUT2D eigenvalue weighted by Gasteiger charge is -2.34. The van der Waals surface area contributed by atoms with Gasteiger partial charge in [-0.05, 0) is 17.7 Å². The van der Waals surface area contributed by atoms with E-state index in [0.717, 1.165) is 25.7 Å². The summed E-state index contributed by atoms with van der Waals surface area (Å²) < 4.78 is 9.97. The highest BCUT2D eigenvalue weighted by Gasteiger charge is 2.23. The second-order valence-corrected chi connectivity index (χ2v) is 6.86. The SMILES string of the molecule is COc1ccc(C(=O)OCC(=O)N2CCN(Cc3ccccc3)CC2)cc1[N+](=O)[O-]. The first-order chi connectivity index (χ1) is 14.5. The first kappa shape index (κ1) is 21.3. The van der Waals surface area contributed by atoms with Crippen LogP contribution in [0.5, 0.6) is 5.75 Å². The molecular formula is C21H23N3O6. The highest BCUT2D eigenvalue weighted by molar-refractivity contribution is 5.92. The molecule has 0 atom stereocenters. The van der Waals surface area contributed by atoms with Crippen LogP contribution in [-0.2, 0) is 16.1 Å². The Bertz CT molecular complexity index is 910. The second-order valence-electron chi connectivity index (χ2n) is 6.86. The van der Waals surface area contributed by atoms with Crippen LogP contribution in [-0.4, -0.2) is 66.5 Å². The van der Waals surface area contributed by atoms with Gasteiger partial charge < -0.3 is 14.4 Å². The zero-order valence-electron chi connectivity index (χ0n) is 16.7. The van der Waals surface area contributed by atoms with Gasteiger partial charge in [0, 0.05) is 38.8 Å². The topological polar surface area (TPSA) is 102 Å². The van der Waals surface area contributed by atoms with Crippen LogP contribution in [0.15, 0.2) is 48.5 Å². The van der Waals surface area contributed by atoms with Gasteiger partial charge in [0.25, 0.3) is 5.91 Å². The van der Waals surface area contributed by atoms with Gasteiger partial charge in [-0.15, -0.1) is 0 Å². The van der Waals surface area contributed by atoms with Crippen molar-refractivity contribution in [3.8, 4) is 5.75 Å². The Hall–Kier alpha value is -3.46. The fourth-order valence-corrected chi connectivity index (χ4v) is 3.26. The number of nitro groups is 1. The van der Waals surface area contributed by atoms with Gasteiger partial charge in [-0.3, -0.25) is 19.8 Å². The zero-order chi connectivity index (χ0) is 21.5. The molecule has 0 aromatic heterocycles. The Morgan fingerprint density at radius 2 is 1.77 bits per heavy atom. The van der Waals surface area contributed by atoms with Gasteiger partial charge in [0.05, 0.1) is 17.6 Å². The van der Waals surface area contributed by atoms with Crippen LogP contribution < -0.4 is 4.74 Å². The summed E-state index contributed by atoms with van der Waals surface area (Å²) >= 11 is 0. The van der Waals surface area contributed by atoms with E-state index in [4.69, 9.17) is 9.47 Å².